The first-order chi connectivity index (χ1) is 19.4. The predicted molar refractivity (Wildman–Crippen MR) is 155 cm³/mol. The van der Waals surface area contributed by atoms with E-state index in [1.54, 1.807) is 7.05 Å². The highest BCUT2D eigenvalue weighted by atomic mass is 16.6. The average molecular weight is 547 g/mol. The molecule has 2 aliphatic heterocycles. The number of hydrogen-bond acceptors (Lipinski definition) is 7. The summed E-state index contributed by atoms with van der Waals surface area (Å²) in [5.74, 6) is 0.473. The molecular formula is C32H42N4O4. The molecule has 214 valence electrons. The van der Waals surface area contributed by atoms with Crippen LogP contribution < -0.4 is 10.2 Å². The minimum absolute atomic E-state index is 0.190. The van der Waals surface area contributed by atoms with E-state index in [9.17, 15) is 14.9 Å². The van der Waals surface area contributed by atoms with Crippen LogP contribution in [-0.4, -0.2) is 69.9 Å². The maximum Gasteiger partial charge on any atom is 0.407 e. The second-order valence-corrected chi connectivity index (χ2v) is 11.1. The first-order valence-corrected chi connectivity index (χ1v) is 14.4. The van der Waals surface area contributed by atoms with Crippen LogP contribution in [0.2, 0.25) is 0 Å². The molecule has 8 heteroatoms. The Hall–Kier alpha value is -3.57. The number of piperidine rings is 1. The van der Waals surface area contributed by atoms with Gasteiger partial charge in [-0.3, -0.25) is 0 Å². The lowest BCUT2D eigenvalue weighted by atomic mass is 9.64. The van der Waals surface area contributed by atoms with E-state index in [1.807, 2.05) is 42.5 Å². The molecule has 0 bridgehead atoms. The summed E-state index contributed by atoms with van der Waals surface area (Å²) in [6.07, 6.45) is 3.23. The summed E-state index contributed by atoms with van der Waals surface area (Å²) in [4.78, 5) is 28.7. The van der Waals surface area contributed by atoms with Crippen LogP contribution in [-0.2, 0) is 14.9 Å². The quantitative estimate of drug-likeness (QED) is 0.397. The summed E-state index contributed by atoms with van der Waals surface area (Å²) in [5.41, 5.74) is 2.01. The van der Waals surface area contributed by atoms with Gasteiger partial charge in [-0.05, 0) is 68.1 Å². The number of anilines is 1. The summed E-state index contributed by atoms with van der Waals surface area (Å²) in [7, 11) is 2.96. The van der Waals surface area contributed by atoms with Gasteiger partial charge in [0.15, 0.2) is 0 Å². The molecule has 2 aromatic rings. The number of nitrogens with zero attached hydrogens (tertiary/aromatic N) is 3. The number of nitrogens with one attached hydrogen (secondary N) is 1. The topological polar surface area (TPSA) is 94.9 Å². The molecule has 0 aromatic heterocycles. The number of carbonyl (C=O) groups is 2. The second-order valence-electron chi connectivity index (χ2n) is 11.1. The number of benzene rings is 2. The lowest BCUT2D eigenvalue weighted by Crippen LogP contribution is -2.53. The molecule has 0 aliphatic carbocycles. The van der Waals surface area contributed by atoms with Crippen molar-refractivity contribution in [3.63, 3.8) is 0 Å². The van der Waals surface area contributed by atoms with E-state index in [2.05, 4.69) is 40.2 Å². The maximum atomic E-state index is 12.1. The Labute approximate surface area is 238 Å². The highest BCUT2D eigenvalue weighted by Gasteiger charge is 2.45. The van der Waals surface area contributed by atoms with Crippen molar-refractivity contribution in [1.82, 2.24) is 10.2 Å². The number of rotatable bonds is 11. The van der Waals surface area contributed by atoms with Crippen molar-refractivity contribution in [2.75, 3.05) is 51.8 Å². The van der Waals surface area contributed by atoms with Gasteiger partial charge in [-0.1, -0.05) is 43.7 Å². The number of alkyl carbamates (subject to hydrolysis) is 1. The molecule has 2 saturated heterocycles. The minimum Gasteiger partial charge on any atom is -0.465 e. The van der Waals surface area contributed by atoms with E-state index < -0.39 is 11.5 Å². The number of nitriles is 1. The molecule has 8 nitrogen and oxygen atoms in total. The zero-order valence-corrected chi connectivity index (χ0v) is 24.0. The molecule has 0 spiro atoms. The molecule has 2 fully saturated rings. The Morgan fingerprint density at radius 3 is 2.35 bits per heavy atom. The molecule has 0 saturated carbocycles. The molecule has 2 atom stereocenters. The van der Waals surface area contributed by atoms with Gasteiger partial charge in [-0.25, -0.2) is 9.59 Å². The monoisotopic (exact) mass is 546 g/mol. The van der Waals surface area contributed by atoms with Gasteiger partial charge >= 0.3 is 12.1 Å². The van der Waals surface area contributed by atoms with Crippen LogP contribution in [0.3, 0.4) is 0 Å². The van der Waals surface area contributed by atoms with E-state index in [-0.39, 0.29) is 18.0 Å². The van der Waals surface area contributed by atoms with E-state index in [4.69, 9.17) is 9.47 Å². The molecule has 2 unspecified atom stereocenters. The largest absolute Gasteiger partial charge is 0.465 e. The van der Waals surface area contributed by atoms with Crippen molar-refractivity contribution in [3.05, 3.63) is 65.7 Å². The van der Waals surface area contributed by atoms with Gasteiger partial charge in [0.25, 0.3) is 0 Å². The van der Waals surface area contributed by atoms with Crippen LogP contribution in [0.25, 0.3) is 0 Å². The first-order valence-electron chi connectivity index (χ1n) is 14.4. The predicted octanol–water partition coefficient (Wildman–Crippen LogP) is 5.00. The summed E-state index contributed by atoms with van der Waals surface area (Å²) in [6.45, 7) is 7.04. The summed E-state index contributed by atoms with van der Waals surface area (Å²) < 4.78 is 10.5. The van der Waals surface area contributed by atoms with Crippen LogP contribution in [0, 0.1) is 23.2 Å². The van der Waals surface area contributed by atoms with Gasteiger partial charge in [0.1, 0.15) is 6.10 Å². The highest BCUT2D eigenvalue weighted by Crippen LogP contribution is 2.43. The third-order valence-electron chi connectivity index (χ3n) is 8.54. The standard InChI is InChI=1S/C32H42N4O4/c1-4-8-29(40-31(38)34-2)19-32(23-33,26-9-6-5-7-10-26)27-15-17-35(18-16-27)20-24-21-36(22-24)28-13-11-25(12-14-28)30(37)39-3/h5-7,9-14,24,27,29H,4,8,15-22H2,1-3H3,(H,34,38). The van der Waals surface area contributed by atoms with Crippen molar-refractivity contribution in [2.45, 2.75) is 50.5 Å². The van der Waals surface area contributed by atoms with Gasteiger partial charge < -0.3 is 24.6 Å². The van der Waals surface area contributed by atoms with Crippen LogP contribution in [0.1, 0.15) is 54.9 Å². The zero-order chi connectivity index (χ0) is 28.5. The number of amides is 1. The minimum atomic E-state index is -0.704. The van der Waals surface area contributed by atoms with Crippen molar-refractivity contribution in [3.8, 4) is 6.07 Å². The van der Waals surface area contributed by atoms with E-state index in [0.717, 1.165) is 69.7 Å². The average Bonchev–Trinajstić information content (AvgIpc) is 2.98. The summed E-state index contributed by atoms with van der Waals surface area (Å²) in [5, 5.41) is 13.3. The normalized spacial score (nSPS) is 18.6. The molecule has 1 amide bonds. The van der Waals surface area contributed by atoms with Crippen LogP contribution in [0.15, 0.2) is 54.6 Å². The highest BCUT2D eigenvalue weighted by molar-refractivity contribution is 5.89. The fourth-order valence-electron chi connectivity index (χ4n) is 6.35. The van der Waals surface area contributed by atoms with Crippen LogP contribution >= 0.6 is 0 Å². The Kier molecular flexibility index (Phi) is 10.1. The molecule has 4 rings (SSSR count). The first kappa shape index (κ1) is 29.4. The fraction of sp³-hybridized carbons (Fsp3) is 0.531. The van der Waals surface area contributed by atoms with Crippen LogP contribution in [0.5, 0.6) is 0 Å². The van der Waals surface area contributed by atoms with Crippen molar-refractivity contribution >= 4 is 17.7 Å². The number of esters is 1. The molecule has 1 N–H and O–H groups in total. The Balaban J connectivity index is 1.36. The molecular weight excluding hydrogens is 504 g/mol. The number of hydrogen-bond donors (Lipinski definition) is 1. The third kappa shape index (κ3) is 6.76. The van der Waals surface area contributed by atoms with Crippen molar-refractivity contribution in [1.29, 1.82) is 5.26 Å². The maximum absolute atomic E-state index is 12.1. The lowest BCUT2D eigenvalue weighted by molar-refractivity contribution is 0.0576. The lowest BCUT2D eigenvalue weighted by Gasteiger charge is -2.46. The van der Waals surface area contributed by atoms with Gasteiger partial charge in [0.2, 0.25) is 0 Å². The van der Waals surface area contributed by atoms with E-state index in [1.165, 1.54) is 7.11 Å². The van der Waals surface area contributed by atoms with Crippen molar-refractivity contribution in [2.24, 2.45) is 11.8 Å². The smallest absolute Gasteiger partial charge is 0.407 e. The summed E-state index contributed by atoms with van der Waals surface area (Å²) >= 11 is 0. The number of methoxy groups -OCH3 is 1. The SMILES string of the molecule is CCCC(CC(C#N)(c1ccccc1)C1CCN(CC2CN(c3ccc(C(=O)OC)cc3)C2)CC1)OC(=O)NC. The number of ether oxygens (including phenoxy) is 2. The molecule has 0 radical (unpaired) electrons. The Morgan fingerprint density at radius 2 is 1.77 bits per heavy atom. The van der Waals surface area contributed by atoms with E-state index in [0.29, 0.717) is 17.9 Å². The molecule has 2 aromatic carbocycles. The number of likely N-dealkylation sites (tertiary alicyclic amines) is 1. The Morgan fingerprint density at radius 1 is 1.10 bits per heavy atom. The summed E-state index contributed by atoms with van der Waals surface area (Å²) in [6, 6.07) is 20.4. The van der Waals surface area contributed by atoms with Gasteiger partial charge in [-0.2, -0.15) is 5.26 Å². The van der Waals surface area contributed by atoms with Crippen molar-refractivity contribution < 1.29 is 19.1 Å². The third-order valence-corrected chi connectivity index (χ3v) is 8.54. The van der Waals surface area contributed by atoms with Gasteiger partial charge in [0, 0.05) is 44.7 Å². The molecule has 2 aliphatic rings. The second kappa shape index (κ2) is 13.7. The van der Waals surface area contributed by atoms with E-state index >= 15 is 0 Å². The zero-order valence-electron chi connectivity index (χ0n) is 24.0. The molecule has 40 heavy (non-hydrogen) atoms. The number of carbonyl (C=O) groups excluding carboxylic acids is 2. The van der Waals surface area contributed by atoms with Gasteiger partial charge in [-0.15, -0.1) is 0 Å². The fourth-order valence-corrected chi connectivity index (χ4v) is 6.35. The van der Waals surface area contributed by atoms with Gasteiger partial charge in [0.05, 0.1) is 24.2 Å². The van der Waals surface area contributed by atoms with Crippen LogP contribution in [0.4, 0.5) is 10.5 Å². The Bertz CT molecular complexity index is 1150. The molecule has 2 heterocycles.